The summed E-state index contributed by atoms with van der Waals surface area (Å²) in [5.74, 6) is 0. The average Bonchev–Trinajstić information content (AvgIpc) is 2.05. The third-order valence-corrected chi connectivity index (χ3v) is 1.54. The van der Waals surface area contributed by atoms with Gasteiger partial charge in [-0.2, -0.15) is 0 Å². The molecule has 0 aromatic heterocycles. The molecule has 1 rings (SSSR count). The smallest absolute Gasteiger partial charge is 0.0395 e. The van der Waals surface area contributed by atoms with Crippen LogP contribution in [0.4, 0.5) is 0 Å². The Morgan fingerprint density at radius 3 is 2.50 bits per heavy atom. The molecule has 1 heteroatoms. The summed E-state index contributed by atoms with van der Waals surface area (Å²) < 4.78 is 0. The fourth-order valence-corrected chi connectivity index (χ4v) is 0.969. The maximum Gasteiger partial charge on any atom is 0.0395 e. The van der Waals surface area contributed by atoms with E-state index in [2.05, 4.69) is 43.4 Å². The fourth-order valence-electron chi connectivity index (χ4n) is 0.969. The van der Waals surface area contributed by atoms with E-state index in [0.29, 0.717) is 0 Å². The van der Waals surface area contributed by atoms with Gasteiger partial charge < -0.3 is 5.32 Å². The molecule has 0 spiro atoms. The predicted octanol–water partition coefficient (Wildman–Crippen LogP) is 2.70. The van der Waals surface area contributed by atoms with Crippen molar-refractivity contribution in [2.45, 2.75) is 20.4 Å². The quantitative estimate of drug-likeness (QED) is 0.718. The molecule has 0 aliphatic heterocycles. The van der Waals surface area contributed by atoms with E-state index in [0.717, 1.165) is 6.54 Å². The lowest BCUT2D eigenvalue weighted by Crippen LogP contribution is -2.04. The Bertz CT molecular complexity index is 245. The van der Waals surface area contributed by atoms with Crippen molar-refractivity contribution >= 4 is 0 Å². The van der Waals surface area contributed by atoms with Crippen LogP contribution in [-0.2, 0) is 6.54 Å². The van der Waals surface area contributed by atoms with Crippen molar-refractivity contribution in [2.24, 2.45) is 0 Å². The van der Waals surface area contributed by atoms with Gasteiger partial charge in [-0.25, -0.2) is 0 Å². The van der Waals surface area contributed by atoms with E-state index >= 15 is 0 Å². The van der Waals surface area contributed by atoms with E-state index in [1.54, 1.807) is 0 Å². The first kappa shape index (κ1) is 8.85. The summed E-state index contributed by atoms with van der Waals surface area (Å²) in [6.07, 6.45) is 2.03. The molecule has 0 radical (unpaired) electrons. The lowest BCUT2D eigenvalue weighted by atomic mass is 10.2. The highest BCUT2D eigenvalue weighted by atomic mass is 14.8. The Hall–Kier alpha value is -1.24. The van der Waals surface area contributed by atoms with Crippen LogP contribution in [0.3, 0.4) is 0 Å². The maximum atomic E-state index is 3.24. The first-order valence-electron chi connectivity index (χ1n) is 4.20. The van der Waals surface area contributed by atoms with Gasteiger partial charge in [0, 0.05) is 6.54 Å². The maximum absolute atomic E-state index is 3.24. The molecule has 0 fully saturated rings. The van der Waals surface area contributed by atoms with Gasteiger partial charge >= 0.3 is 0 Å². The molecule has 0 atom stereocenters. The summed E-state index contributed by atoms with van der Waals surface area (Å²) >= 11 is 0. The Kier molecular flexibility index (Phi) is 3.39. The zero-order valence-corrected chi connectivity index (χ0v) is 7.67. The van der Waals surface area contributed by atoms with Gasteiger partial charge in [-0.05, 0) is 25.6 Å². The first-order chi connectivity index (χ1) is 5.79. The van der Waals surface area contributed by atoms with Crippen LogP contribution in [0.1, 0.15) is 19.4 Å². The van der Waals surface area contributed by atoms with Crippen LogP contribution in [0.15, 0.2) is 42.1 Å². The molecule has 0 heterocycles. The van der Waals surface area contributed by atoms with Crippen LogP contribution in [0.2, 0.25) is 0 Å². The van der Waals surface area contributed by atoms with Crippen LogP contribution in [-0.4, -0.2) is 0 Å². The molecule has 0 saturated heterocycles. The zero-order valence-electron chi connectivity index (χ0n) is 7.67. The molecule has 1 aromatic carbocycles. The molecular formula is C11H15N. The van der Waals surface area contributed by atoms with Crippen molar-refractivity contribution in [1.29, 1.82) is 0 Å². The highest BCUT2D eigenvalue weighted by Gasteiger charge is 1.86. The fraction of sp³-hybridized carbons (Fsp3) is 0.273. The standard InChI is InChI=1S/C11H15N/c1-10(2)8-12-9-11-6-4-3-5-7-11/h3-8,12H,9H2,1-2H3. The van der Waals surface area contributed by atoms with Crippen molar-refractivity contribution in [2.75, 3.05) is 0 Å². The molecule has 0 aliphatic rings. The van der Waals surface area contributed by atoms with Gasteiger partial charge in [0.15, 0.2) is 0 Å². The summed E-state index contributed by atoms with van der Waals surface area (Å²) in [6, 6.07) is 10.4. The monoisotopic (exact) mass is 161 g/mol. The minimum Gasteiger partial charge on any atom is -0.387 e. The molecule has 1 aromatic rings. The van der Waals surface area contributed by atoms with Crippen molar-refractivity contribution in [3.05, 3.63) is 47.7 Å². The van der Waals surface area contributed by atoms with Crippen molar-refractivity contribution < 1.29 is 0 Å². The molecule has 0 aliphatic carbocycles. The van der Waals surface area contributed by atoms with Gasteiger partial charge in [0.2, 0.25) is 0 Å². The SMILES string of the molecule is CC(C)=CNCc1ccccc1. The number of allylic oxidation sites excluding steroid dienone is 1. The van der Waals surface area contributed by atoms with Gasteiger partial charge in [0.05, 0.1) is 0 Å². The van der Waals surface area contributed by atoms with Crippen LogP contribution in [0.25, 0.3) is 0 Å². The predicted molar refractivity (Wildman–Crippen MR) is 52.7 cm³/mol. The molecule has 12 heavy (non-hydrogen) atoms. The second-order valence-electron chi connectivity index (χ2n) is 3.09. The number of benzene rings is 1. The summed E-state index contributed by atoms with van der Waals surface area (Å²) in [5, 5.41) is 3.24. The minimum absolute atomic E-state index is 0.909. The number of rotatable bonds is 3. The Balaban J connectivity index is 2.39. The van der Waals surface area contributed by atoms with Gasteiger partial charge in [0.25, 0.3) is 0 Å². The van der Waals surface area contributed by atoms with Crippen molar-refractivity contribution in [3.63, 3.8) is 0 Å². The average molecular weight is 161 g/mol. The van der Waals surface area contributed by atoms with Gasteiger partial charge in [-0.3, -0.25) is 0 Å². The van der Waals surface area contributed by atoms with Gasteiger partial charge in [-0.15, -0.1) is 0 Å². The Morgan fingerprint density at radius 1 is 1.25 bits per heavy atom. The summed E-state index contributed by atoms with van der Waals surface area (Å²) in [4.78, 5) is 0. The highest BCUT2D eigenvalue weighted by Crippen LogP contribution is 1.97. The van der Waals surface area contributed by atoms with Crippen molar-refractivity contribution in [3.8, 4) is 0 Å². The lowest BCUT2D eigenvalue weighted by Gasteiger charge is -2.00. The van der Waals surface area contributed by atoms with Crippen LogP contribution in [0.5, 0.6) is 0 Å². The van der Waals surface area contributed by atoms with Gasteiger partial charge in [-0.1, -0.05) is 35.9 Å². The number of hydrogen-bond acceptors (Lipinski definition) is 1. The third-order valence-electron chi connectivity index (χ3n) is 1.54. The largest absolute Gasteiger partial charge is 0.387 e. The van der Waals surface area contributed by atoms with E-state index < -0.39 is 0 Å². The number of hydrogen-bond donors (Lipinski definition) is 1. The van der Waals surface area contributed by atoms with Crippen LogP contribution >= 0.6 is 0 Å². The molecule has 0 bridgehead atoms. The number of nitrogens with one attached hydrogen (secondary N) is 1. The van der Waals surface area contributed by atoms with Crippen LogP contribution in [0, 0.1) is 0 Å². The van der Waals surface area contributed by atoms with Crippen LogP contribution < -0.4 is 5.32 Å². The molecule has 0 unspecified atom stereocenters. The van der Waals surface area contributed by atoms with E-state index in [-0.39, 0.29) is 0 Å². The van der Waals surface area contributed by atoms with E-state index in [1.165, 1.54) is 11.1 Å². The summed E-state index contributed by atoms with van der Waals surface area (Å²) in [5.41, 5.74) is 2.61. The Labute approximate surface area is 74.1 Å². The molecule has 64 valence electrons. The van der Waals surface area contributed by atoms with Crippen molar-refractivity contribution in [1.82, 2.24) is 5.32 Å². The second kappa shape index (κ2) is 4.60. The molecule has 0 saturated carbocycles. The zero-order chi connectivity index (χ0) is 8.81. The molecule has 1 nitrogen and oxygen atoms in total. The van der Waals surface area contributed by atoms with E-state index in [9.17, 15) is 0 Å². The molecule has 0 amide bonds. The topological polar surface area (TPSA) is 12.0 Å². The highest BCUT2D eigenvalue weighted by molar-refractivity contribution is 5.14. The van der Waals surface area contributed by atoms with E-state index in [4.69, 9.17) is 0 Å². The van der Waals surface area contributed by atoms with Gasteiger partial charge in [0.1, 0.15) is 0 Å². The summed E-state index contributed by atoms with van der Waals surface area (Å²) in [7, 11) is 0. The lowest BCUT2D eigenvalue weighted by molar-refractivity contribution is 0.860. The first-order valence-corrected chi connectivity index (χ1v) is 4.20. The minimum atomic E-state index is 0.909. The summed E-state index contributed by atoms with van der Waals surface area (Å²) in [6.45, 7) is 5.07. The second-order valence-corrected chi connectivity index (χ2v) is 3.09. The normalized spacial score (nSPS) is 9.17. The third kappa shape index (κ3) is 3.24. The molecule has 1 N–H and O–H groups in total. The molecular weight excluding hydrogens is 146 g/mol. The Morgan fingerprint density at radius 2 is 1.92 bits per heavy atom. The van der Waals surface area contributed by atoms with E-state index in [1.807, 2.05) is 12.3 Å².